The second kappa shape index (κ2) is 8.63. The molecule has 4 aliphatic rings. The summed E-state index contributed by atoms with van der Waals surface area (Å²) in [4.78, 5) is 11.7. The van der Waals surface area contributed by atoms with Gasteiger partial charge in [0, 0.05) is 6.42 Å². The normalized spacial score (nSPS) is 50.2. The van der Waals surface area contributed by atoms with Crippen LogP contribution in [0.2, 0.25) is 0 Å². The predicted molar refractivity (Wildman–Crippen MR) is 122 cm³/mol. The number of hydrogen-bond acceptors (Lipinski definition) is 4. The first-order valence-corrected chi connectivity index (χ1v) is 13.1. The zero-order valence-electron chi connectivity index (χ0n) is 20.5. The quantitative estimate of drug-likeness (QED) is 0.584. The van der Waals surface area contributed by atoms with Crippen LogP contribution in [-0.2, 0) is 9.53 Å². The highest BCUT2D eigenvalue weighted by atomic mass is 16.5. The van der Waals surface area contributed by atoms with Gasteiger partial charge in [0.1, 0.15) is 0 Å². The van der Waals surface area contributed by atoms with Crippen LogP contribution in [-0.4, -0.2) is 35.5 Å². The SMILES string of the molecule is CC[C@H]1[C@@H](O)C2C3C[C@H](O)[C@H]([C@H](C)CCC(=O)OC)[C@@]3(C)CCC2[C@@]2(C)CCCC[C@@H]12. The van der Waals surface area contributed by atoms with E-state index in [9.17, 15) is 15.0 Å². The average molecular weight is 435 g/mol. The van der Waals surface area contributed by atoms with Crippen LogP contribution in [0.25, 0.3) is 0 Å². The standard InChI is InChI=1S/C27H46O4/c1-6-17-18-9-7-8-13-26(18,3)19-12-14-27(4)20(23(19)25(17)30)15-21(28)24(27)16(2)10-11-22(29)31-5/h16-21,23-25,28,30H,6-15H2,1-5H3/t16-,17-,18+,19?,20?,21+,23?,24+,25-,26+,27+/m1/s1. The highest BCUT2D eigenvalue weighted by molar-refractivity contribution is 5.69. The number of methoxy groups -OCH3 is 1. The van der Waals surface area contributed by atoms with Gasteiger partial charge in [-0.15, -0.1) is 0 Å². The molecule has 178 valence electrons. The first-order valence-electron chi connectivity index (χ1n) is 13.1. The van der Waals surface area contributed by atoms with Crippen molar-refractivity contribution >= 4 is 5.97 Å². The summed E-state index contributed by atoms with van der Waals surface area (Å²) in [5, 5.41) is 23.0. The van der Waals surface area contributed by atoms with Crippen molar-refractivity contribution in [3.8, 4) is 0 Å². The van der Waals surface area contributed by atoms with Crippen molar-refractivity contribution in [2.75, 3.05) is 7.11 Å². The molecule has 0 aromatic heterocycles. The Balaban J connectivity index is 1.62. The highest BCUT2D eigenvalue weighted by Crippen LogP contribution is 2.69. The minimum absolute atomic E-state index is 0.0489. The van der Waals surface area contributed by atoms with Crippen molar-refractivity contribution in [3.05, 3.63) is 0 Å². The van der Waals surface area contributed by atoms with Crippen molar-refractivity contribution < 1.29 is 19.7 Å². The van der Waals surface area contributed by atoms with Crippen LogP contribution in [0.3, 0.4) is 0 Å². The van der Waals surface area contributed by atoms with Crippen LogP contribution in [0.1, 0.15) is 91.9 Å². The molecule has 4 heteroatoms. The number of carbonyl (C=O) groups excluding carboxylic acids is 1. The Morgan fingerprint density at radius 2 is 1.81 bits per heavy atom. The van der Waals surface area contributed by atoms with E-state index in [1.807, 2.05) is 0 Å². The molecule has 2 N–H and O–H groups in total. The Morgan fingerprint density at radius 3 is 2.48 bits per heavy atom. The molecule has 3 unspecified atom stereocenters. The zero-order chi connectivity index (χ0) is 22.6. The predicted octanol–water partition coefficient (Wildman–Crippen LogP) is 5.20. The maximum atomic E-state index is 11.8. The summed E-state index contributed by atoms with van der Waals surface area (Å²) >= 11 is 0. The number of aliphatic hydroxyl groups excluding tert-OH is 2. The number of hydrogen-bond donors (Lipinski definition) is 2. The minimum Gasteiger partial charge on any atom is -0.469 e. The fourth-order valence-electron chi connectivity index (χ4n) is 9.75. The summed E-state index contributed by atoms with van der Waals surface area (Å²) in [5.41, 5.74) is 0.400. The topological polar surface area (TPSA) is 66.8 Å². The smallest absolute Gasteiger partial charge is 0.305 e. The fraction of sp³-hybridized carbons (Fsp3) is 0.963. The number of rotatable bonds is 5. The summed E-state index contributed by atoms with van der Waals surface area (Å²) in [5.74, 6) is 2.68. The van der Waals surface area contributed by atoms with Crippen molar-refractivity contribution in [1.29, 1.82) is 0 Å². The minimum atomic E-state index is -0.328. The molecule has 0 aromatic rings. The summed E-state index contributed by atoms with van der Waals surface area (Å²) in [6.45, 7) is 9.42. The average Bonchev–Trinajstić information content (AvgIpc) is 3.02. The fourth-order valence-corrected chi connectivity index (χ4v) is 9.75. The van der Waals surface area contributed by atoms with Gasteiger partial charge in [0.15, 0.2) is 0 Å². The van der Waals surface area contributed by atoms with E-state index in [0.717, 1.165) is 25.7 Å². The maximum absolute atomic E-state index is 11.8. The van der Waals surface area contributed by atoms with E-state index >= 15 is 0 Å². The van der Waals surface area contributed by atoms with Gasteiger partial charge in [-0.25, -0.2) is 0 Å². The van der Waals surface area contributed by atoms with E-state index in [1.54, 1.807) is 0 Å². The van der Waals surface area contributed by atoms with Crippen LogP contribution in [0.5, 0.6) is 0 Å². The molecule has 0 aliphatic heterocycles. The first kappa shape index (κ1) is 23.5. The molecule has 4 rings (SSSR count). The molecule has 0 aromatic carbocycles. The molecule has 0 heterocycles. The molecule has 4 fully saturated rings. The lowest BCUT2D eigenvalue weighted by Gasteiger charge is -2.64. The molecule has 11 atom stereocenters. The van der Waals surface area contributed by atoms with Crippen molar-refractivity contribution in [2.24, 2.45) is 52.3 Å². The van der Waals surface area contributed by atoms with Gasteiger partial charge < -0.3 is 14.9 Å². The van der Waals surface area contributed by atoms with Gasteiger partial charge in [-0.05, 0) is 90.8 Å². The Bertz CT molecular complexity index is 664. The summed E-state index contributed by atoms with van der Waals surface area (Å²) in [6.07, 6.45) is 10.1. The number of aliphatic hydroxyl groups is 2. The van der Waals surface area contributed by atoms with E-state index < -0.39 is 0 Å². The van der Waals surface area contributed by atoms with Crippen LogP contribution < -0.4 is 0 Å². The zero-order valence-corrected chi connectivity index (χ0v) is 20.5. The lowest BCUT2D eigenvalue weighted by molar-refractivity contribution is -0.194. The van der Waals surface area contributed by atoms with Crippen molar-refractivity contribution in [2.45, 2.75) is 104 Å². The molecule has 0 radical (unpaired) electrons. The third-order valence-electron chi connectivity index (χ3n) is 11.1. The molecule has 4 nitrogen and oxygen atoms in total. The monoisotopic (exact) mass is 434 g/mol. The number of carbonyl (C=O) groups is 1. The summed E-state index contributed by atoms with van der Waals surface area (Å²) in [6, 6.07) is 0. The highest BCUT2D eigenvalue weighted by Gasteiger charge is 2.66. The van der Waals surface area contributed by atoms with Gasteiger partial charge in [0.2, 0.25) is 0 Å². The molecule has 0 saturated heterocycles. The number of esters is 1. The lowest BCUT2D eigenvalue weighted by Crippen LogP contribution is -2.61. The van der Waals surface area contributed by atoms with Gasteiger partial charge in [-0.1, -0.05) is 47.0 Å². The molecule has 4 aliphatic carbocycles. The second-order valence-electron chi connectivity index (χ2n) is 12.2. The summed E-state index contributed by atoms with van der Waals surface area (Å²) in [7, 11) is 1.45. The van der Waals surface area contributed by atoms with Crippen molar-refractivity contribution in [1.82, 2.24) is 0 Å². The largest absolute Gasteiger partial charge is 0.469 e. The Kier molecular flexibility index (Phi) is 6.55. The number of ether oxygens (including phenoxy) is 1. The van der Waals surface area contributed by atoms with E-state index in [0.29, 0.717) is 41.4 Å². The lowest BCUT2D eigenvalue weighted by atomic mass is 9.41. The summed E-state index contributed by atoms with van der Waals surface area (Å²) < 4.78 is 4.86. The van der Waals surface area contributed by atoms with Gasteiger partial charge in [-0.3, -0.25) is 4.79 Å². The maximum Gasteiger partial charge on any atom is 0.305 e. The van der Waals surface area contributed by atoms with Crippen molar-refractivity contribution in [3.63, 3.8) is 0 Å². The Hall–Kier alpha value is -0.610. The molecule has 31 heavy (non-hydrogen) atoms. The third kappa shape index (κ3) is 3.59. The van der Waals surface area contributed by atoms with Crippen LogP contribution in [0.15, 0.2) is 0 Å². The first-order chi connectivity index (χ1) is 14.7. The van der Waals surface area contributed by atoms with E-state index in [1.165, 1.54) is 39.2 Å². The third-order valence-corrected chi connectivity index (χ3v) is 11.1. The Morgan fingerprint density at radius 1 is 1.06 bits per heavy atom. The molecular formula is C27H46O4. The molecule has 0 spiro atoms. The van der Waals surface area contributed by atoms with Gasteiger partial charge in [0.25, 0.3) is 0 Å². The van der Waals surface area contributed by atoms with Crippen LogP contribution in [0, 0.1) is 52.3 Å². The van der Waals surface area contributed by atoms with Gasteiger partial charge in [-0.2, -0.15) is 0 Å². The molecule has 0 amide bonds. The van der Waals surface area contributed by atoms with Gasteiger partial charge in [0.05, 0.1) is 19.3 Å². The molecule has 4 saturated carbocycles. The Labute approximate surface area is 189 Å². The van der Waals surface area contributed by atoms with E-state index in [-0.39, 0.29) is 35.4 Å². The van der Waals surface area contributed by atoms with E-state index in [2.05, 4.69) is 27.7 Å². The number of fused-ring (bicyclic) bond motifs is 5. The van der Waals surface area contributed by atoms with Gasteiger partial charge >= 0.3 is 5.97 Å². The van der Waals surface area contributed by atoms with E-state index in [4.69, 9.17) is 4.74 Å². The second-order valence-corrected chi connectivity index (χ2v) is 12.2. The molecule has 0 bridgehead atoms. The van der Waals surface area contributed by atoms with Crippen LogP contribution in [0.4, 0.5) is 0 Å². The molecular weight excluding hydrogens is 388 g/mol. The van der Waals surface area contributed by atoms with Crippen LogP contribution >= 0.6 is 0 Å².